The summed E-state index contributed by atoms with van der Waals surface area (Å²) in [4.78, 5) is 0. The van der Waals surface area contributed by atoms with Gasteiger partial charge in [0.1, 0.15) is 5.75 Å². The van der Waals surface area contributed by atoms with Crippen LogP contribution in [0.3, 0.4) is 0 Å². The molecule has 0 amide bonds. The summed E-state index contributed by atoms with van der Waals surface area (Å²) < 4.78 is 5.14. The van der Waals surface area contributed by atoms with Crippen molar-refractivity contribution in [2.75, 3.05) is 7.11 Å². The van der Waals surface area contributed by atoms with Crippen molar-refractivity contribution < 1.29 is 4.74 Å². The summed E-state index contributed by atoms with van der Waals surface area (Å²) in [6, 6.07) is 9.02. The minimum Gasteiger partial charge on any atom is -0.497 e. The van der Waals surface area contributed by atoms with Gasteiger partial charge in [-0.1, -0.05) is 25.5 Å². The van der Waals surface area contributed by atoms with Crippen LogP contribution in [0.5, 0.6) is 5.75 Å². The highest BCUT2D eigenvalue weighted by Gasteiger charge is 2.22. The monoisotopic (exact) mass is 219 g/mol. The summed E-state index contributed by atoms with van der Waals surface area (Å²) in [5, 5.41) is 3.64. The summed E-state index contributed by atoms with van der Waals surface area (Å²) in [7, 11) is 1.70. The Morgan fingerprint density at radius 3 is 2.56 bits per heavy atom. The van der Waals surface area contributed by atoms with E-state index in [2.05, 4.69) is 24.4 Å². The van der Waals surface area contributed by atoms with E-state index in [-0.39, 0.29) is 0 Å². The Hall–Kier alpha value is -1.02. The molecule has 2 unspecified atom stereocenters. The zero-order chi connectivity index (χ0) is 11.4. The van der Waals surface area contributed by atoms with Crippen molar-refractivity contribution in [2.24, 2.45) is 5.92 Å². The molecule has 2 heteroatoms. The highest BCUT2D eigenvalue weighted by atomic mass is 16.5. The third-order valence-electron chi connectivity index (χ3n) is 3.59. The maximum Gasteiger partial charge on any atom is 0.118 e. The van der Waals surface area contributed by atoms with Crippen LogP contribution >= 0.6 is 0 Å². The number of benzene rings is 1. The normalized spacial score (nSPS) is 24.6. The van der Waals surface area contributed by atoms with E-state index in [1.807, 2.05) is 12.1 Å². The van der Waals surface area contributed by atoms with Crippen LogP contribution in [0.2, 0.25) is 0 Å². The van der Waals surface area contributed by atoms with Crippen LogP contribution in [0.25, 0.3) is 0 Å². The molecule has 1 aromatic carbocycles. The lowest BCUT2D eigenvalue weighted by atomic mass is 10.1. The number of hydrogen-bond acceptors (Lipinski definition) is 2. The first-order valence-corrected chi connectivity index (χ1v) is 6.16. The zero-order valence-electron chi connectivity index (χ0n) is 10.2. The van der Waals surface area contributed by atoms with E-state index in [4.69, 9.17) is 4.74 Å². The summed E-state index contributed by atoms with van der Waals surface area (Å²) in [5.41, 5.74) is 1.33. The molecule has 1 aromatic rings. The number of nitrogens with one attached hydrogen (secondary N) is 1. The Balaban J connectivity index is 1.84. The van der Waals surface area contributed by atoms with Crippen molar-refractivity contribution in [1.82, 2.24) is 5.32 Å². The molecule has 0 heterocycles. The average molecular weight is 219 g/mol. The number of hydrogen-bond donors (Lipinski definition) is 1. The minimum atomic E-state index is 0.710. The Labute approximate surface area is 98.0 Å². The van der Waals surface area contributed by atoms with Crippen LogP contribution in [-0.2, 0) is 6.54 Å². The summed E-state index contributed by atoms with van der Waals surface area (Å²) in [6.45, 7) is 3.32. The molecule has 16 heavy (non-hydrogen) atoms. The molecule has 1 saturated carbocycles. The molecular formula is C14H21NO. The van der Waals surface area contributed by atoms with Crippen LogP contribution in [-0.4, -0.2) is 13.2 Å². The van der Waals surface area contributed by atoms with E-state index in [0.29, 0.717) is 6.04 Å². The van der Waals surface area contributed by atoms with E-state index in [1.165, 1.54) is 24.8 Å². The second-order valence-corrected chi connectivity index (χ2v) is 4.74. The molecule has 0 spiro atoms. The Bertz CT molecular complexity index is 320. The number of methoxy groups -OCH3 is 1. The van der Waals surface area contributed by atoms with Crippen LogP contribution < -0.4 is 10.1 Å². The van der Waals surface area contributed by atoms with E-state index in [9.17, 15) is 0 Å². The fraction of sp³-hybridized carbons (Fsp3) is 0.571. The van der Waals surface area contributed by atoms with Gasteiger partial charge in [0.05, 0.1) is 7.11 Å². The quantitative estimate of drug-likeness (QED) is 0.840. The van der Waals surface area contributed by atoms with Gasteiger partial charge in [-0.05, 0) is 36.5 Å². The van der Waals surface area contributed by atoms with Gasteiger partial charge in [0.2, 0.25) is 0 Å². The first kappa shape index (κ1) is 11.5. The molecule has 0 saturated heterocycles. The second-order valence-electron chi connectivity index (χ2n) is 4.74. The van der Waals surface area contributed by atoms with Crippen molar-refractivity contribution in [2.45, 2.75) is 38.8 Å². The molecule has 1 aliphatic rings. The van der Waals surface area contributed by atoms with Crippen molar-refractivity contribution in [3.05, 3.63) is 29.8 Å². The van der Waals surface area contributed by atoms with Gasteiger partial charge in [0.25, 0.3) is 0 Å². The van der Waals surface area contributed by atoms with Gasteiger partial charge < -0.3 is 10.1 Å². The van der Waals surface area contributed by atoms with Crippen LogP contribution in [0.4, 0.5) is 0 Å². The van der Waals surface area contributed by atoms with E-state index in [1.54, 1.807) is 7.11 Å². The van der Waals surface area contributed by atoms with Crippen molar-refractivity contribution in [1.29, 1.82) is 0 Å². The molecule has 0 aromatic heterocycles. The molecule has 0 aliphatic heterocycles. The maximum absolute atomic E-state index is 5.14. The molecular weight excluding hydrogens is 198 g/mol. The van der Waals surface area contributed by atoms with Gasteiger partial charge in [-0.3, -0.25) is 0 Å². The Morgan fingerprint density at radius 1 is 1.25 bits per heavy atom. The van der Waals surface area contributed by atoms with Gasteiger partial charge in [0, 0.05) is 12.6 Å². The summed E-state index contributed by atoms with van der Waals surface area (Å²) in [5.74, 6) is 1.76. The molecule has 2 nitrogen and oxygen atoms in total. The maximum atomic E-state index is 5.14. The largest absolute Gasteiger partial charge is 0.497 e. The molecule has 2 rings (SSSR count). The van der Waals surface area contributed by atoms with E-state index >= 15 is 0 Å². The first-order chi connectivity index (χ1) is 7.79. The lowest BCUT2D eigenvalue weighted by Crippen LogP contribution is -2.30. The third kappa shape index (κ3) is 2.76. The highest BCUT2D eigenvalue weighted by Crippen LogP contribution is 2.25. The van der Waals surface area contributed by atoms with E-state index < -0.39 is 0 Å². The van der Waals surface area contributed by atoms with Gasteiger partial charge in [-0.2, -0.15) is 0 Å². The lowest BCUT2D eigenvalue weighted by molar-refractivity contribution is 0.413. The van der Waals surface area contributed by atoms with Crippen LogP contribution in [0, 0.1) is 5.92 Å². The standard InChI is InChI=1S/C14H21NO/c1-11-4-3-5-14(11)15-10-12-6-8-13(16-2)9-7-12/h6-9,11,14-15H,3-5,10H2,1-2H3. The van der Waals surface area contributed by atoms with E-state index in [0.717, 1.165) is 18.2 Å². The lowest BCUT2D eigenvalue weighted by Gasteiger charge is -2.17. The van der Waals surface area contributed by atoms with Crippen molar-refractivity contribution >= 4 is 0 Å². The fourth-order valence-electron chi connectivity index (χ4n) is 2.44. The van der Waals surface area contributed by atoms with Crippen molar-refractivity contribution in [3.63, 3.8) is 0 Å². The first-order valence-electron chi connectivity index (χ1n) is 6.16. The zero-order valence-corrected chi connectivity index (χ0v) is 10.2. The number of rotatable bonds is 4. The molecule has 88 valence electrons. The SMILES string of the molecule is COc1ccc(CNC2CCCC2C)cc1. The van der Waals surface area contributed by atoms with Gasteiger partial charge in [-0.15, -0.1) is 0 Å². The van der Waals surface area contributed by atoms with Gasteiger partial charge in [0.15, 0.2) is 0 Å². The van der Waals surface area contributed by atoms with Crippen LogP contribution in [0.1, 0.15) is 31.7 Å². The topological polar surface area (TPSA) is 21.3 Å². The van der Waals surface area contributed by atoms with Gasteiger partial charge >= 0.3 is 0 Å². The predicted octanol–water partition coefficient (Wildman–Crippen LogP) is 2.97. The summed E-state index contributed by atoms with van der Waals surface area (Å²) in [6.07, 6.45) is 4.08. The molecule has 2 atom stereocenters. The molecule has 1 aliphatic carbocycles. The third-order valence-corrected chi connectivity index (χ3v) is 3.59. The second kappa shape index (κ2) is 5.35. The smallest absolute Gasteiger partial charge is 0.118 e. The summed E-state index contributed by atoms with van der Waals surface area (Å²) >= 11 is 0. The predicted molar refractivity (Wildman–Crippen MR) is 66.6 cm³/mol. The Kier molecular flexibility index (Phi) is 3.83. The van der Waals surface area contributed by atoms with Crippen LogP contribution in [0.15, 0.2) is 24.3 Å². The average Bonchev–Trinajstić information content (AvgIpc) is 2.73. The minimum absolute atomic E-state index is 0.710. The van der Waals surface area contributed by atoms with Crippen molar-refractivity contribution in [3.8, 4) is 5.75 Å². The fourth-order valence-corrected chi connectivity index (χ4v) is 2.44. The molecule has 0 radical (unpaired) electrons. The van der Waals surface area contributed by atoms with Gasteiger partial charge in [-0.25, -0.2) is 0 Å². The molecule has 0 bridgehead atoms. The molecule has 1 fully saturated rings. The molecule has 1 N–H and O–H groups in total. The number of ether oxygens (including phenoxy) is 1. The highest BCUT2D eigenvalue weighted by molar-refractivity contribution is 5.27. The Morgan fingerprint density at radius 2 is 2.00 bits per heavy atom.